The molecule has 15 heavy (non-hydrogen) atoms. The first-order valence-corrected chi connectivity index (χ1v) is 5.71. The predicted molar refractivity (Wildman–Crippen MR) is 62.5 cm³/mol. The maximum absolute atomic E-state index is 5.66. The fraction of sp³-hybridized carbons (Fsp3) is 0.700. The molecule has 0 atom stereocenters. The van der Waals surface area contributed by atoms with E-state index in [1.807, 2.05) is 13.8 Å². The van der Waals surface area contributed by atoms with E-state index in [4.69, 9.17) is 11.6 Å². The molecule has 0 saturated carbocycles. The summed E-state index contributed by atoms with van der Waals surface area (Å²) in [4.78, 5) is 6.49. The Bertz CT molecular complexity index is 316. The zero-order valence-electron chi connectivity index (χ0n) is 9.50. The fourth-order valence-corrected chi connectivity index (χ4v) is 1.35. The van der Waals surface area contributed by atoms with Crippen LogP contribution in [0, 0.1) is 13.8 Å². The van der Waals surface area contributed by atoms with Crippen molar-refractivity contribution in [3.63, 3.8) is 0 Å². The van der Waals surface area contributed by atoms with Gasteiger partial charge in [-0.15, -0.1) is 16.7 Å². The first kappa shape index (κ1) is 12.2. The highest BCUT2D eigenvalue weighted by Crippen LogP contribution is 2.08. The summed E-state index contributed by atoms with van der Waals surface area (Å²) in [7, 11) is 0. The van der Waals surface area contributed by atoms with Crippen LogP contribution in [0.3, 0.4) is 0 Å². The molecule has 0 radical (unpaired) electrons. The Kier molecular flexibility index (Phi) is 4.75. The van der Waals surface area contributed by atoms with Gasteiger partial charge in [-0.05, 0) is 27.2 Å². The molecule has 5 heteroatoms. The number of aryl methyl sites for hydroxylation is 2. The molecule has 0 saturated heterocycles. The third kappa shape index (κ3) is 3.30. The van der Waals surface area contributed by atoms with Crippen molar-refractivity contribution in [3.05, 3.63) is 11.4 Å². The van der Waals surface area contributed by atoms with E-state index in [0.29, 0.717) is 11.8 Å². The molecule has 0 aliphatic heterocycles. The maximum atomic E-state index is 5.66. The maximum Gasteiger partial charge on any atom is 0.245 e. The van der Waals surface area contributed by atoms with Crippen molar-refractivity contribution >= 4 is 17.5 Å². The van der Waals surface area contributed by atoms with Crippen molar-refractivity contribution in [1.82, 2.24) is 15.2 Å². The minimum Gasteiger partial charge on any atom is -0.340 e. The average Bonchev–Trinajstić information content (AvgIpc) is 2.24. The Hall–Kier alpha value is -0.900. The molecule has 1 aromatic rings. The lowest BCUT2D eigenvalue weighted by Gasteiger charge is -2.19. The van der Waals surface area contributed by atoms with E-state index in [1.165, 1.54) is 0 Å². The molecular weight excluding hydrogens is 212 g/mol. The van der Waals surface area contributed by atoms with Gasteiger partial charge in [0.15, 0.2) is 0 Å². The van der Waals surface area contributed by atoms with Crippen molar-refractivity contribution in [2.24, 2.45) is 0 Å². The van der Waals surface area contributed by atoms with Gasteiger partial charge in [-0.2, -0.15) is 5.10 Å². The molecule has 4 nitrogen and oxygen atoms in total. The molecule has 84 valence electrons. The van der Waals surface area contributed by atoms with Gasteiger partial charge in [-0.3, -0.25) is 0 Å². The van der Waals surface area contributed by atoms with Gasteiger partial charge in [0.05, 0.1) is 11.4 Å². The lowest BCUT2D eigenvalue weighted by molar-refractivity contribution is 0.738. The van der Waals surface area contributed by atoms with Gasteiger partial charge in [0.1, 0.15) is 0 Å². The molecule has 0 aliphatic carbocycles. The Morgan fingerprint density at radius 2 is 1.93 bits per heavy atom. The van der Waals surface area contributed by atoms with Crippen LogP contribution >= 0.6 is 11.6 Å². The highest BCUT2D eigenvalue weighted by atomic mass is 35.5. The van der Waals surface area contributed by atoms with E-state index in [9.17, 15) is 0 Å². The van der Waals surface area contributed by atoms with Crippen LogP contribution in [0.15, 0.2) is 0 Å². The molecular formula is C10H17ClN4. The molecule has 0 unspecified atom stereocenters. The summed E-state index contributed by atoms with van der Waals surface area (Å²) in [6.07, 6.45) is 0.936. The number of hydrogen-bond acceptors (Lipinski definition) is 4. The Morgan fingerprint density at radius 1 is 1.20 bits per heavy atom. The first-order chi connectivity index (χ1) is 7.19. The van der Waals surface area contributed by atoms with Crippen molar-refractivity contribution in [1.29, 1.82) is 0 Å². The Labute approximate surface area is 95.7 Å². The normalized spacial score (nSPS) is 10.4. The number of hydrogen-bond donors (Lipinski definition) is 0. The summed E-state index contributed by atoms with van der Waals surface area (Å²) in [6.45, 7) is 7.69. The molecule has 1 rings (SSSR count). The van der Waals surface area contributed by atoms with Gasteiger partial charge in [-0.25, -0.2) is 4.98 Å². The molecule has 0 N–H and O–H groups in total. The van der Waals surface area contributed by atoms with Crippen molar-refractivity contribution in [3.8, 4) is 0 Å². The van der Waals surface area contributed by atoms with Crippen LogP contribution in [0.2, 0.25) is 0 Å². The van der Waals surface area contributed by atoms with E-state index in [2.05, 4.69) is 27.0 Å². The highest BCUT2D eigenvalue weighted by molar-refractivity contribution is 6.17. The van der Waals surface area contributed by atoms with Crippen molar-refractivity contribution in [2.45, 2.75) is 27.2 Å². The van der Waals surface area contributed by atoms with Gasteiger partial charge >= 0.3 is 0 Å². The number of alkyl halides is 1. The molecule has 0 fully saturated rings. The van der Waals surface area contributed by atoms with Crippen LogP contribution in [0.5, 0.6) is 0 Å². The molecule has 0 aliphatic rings. The van der Waals surface area contributed by atoms with Gasteiger partial charge < -0.3 is 4.90 Å². The molecule has 0 spiro atoms. The van der Waals surface area contributed by atoms with Crippen molar-refractivity contribution in [2.75, 3.05) is 23.9 Å². The van der Waals surface area contributed by atoms with Gasteiger partial charge in [0, 0.05) is 19.0 Å². The standard InChI is InChI=1S/C10H17ClN4/c1-4-15(7-5-6-11)10-12-8(2)9(3)13-14-10/h4-7H2,1-3H3. The highest BCUT2D eigenvalue weighted by Gasteiger charge is 2.08. The quantitative estimate of drug-likeness (QED) is 0.723. The summed E-state index contributed by atoms with van der Waals surface area (Å²) >= 11 is 5.66. The molecule has 0 bridgehead atoms. The number of nitrogens with zero attached hydrogens (tertiary/aromatic N) is 4. The SMILES string of the molecule is CCN(CCCCl)c1nnc(C)c(C)n1. The van der Waals surface area contributed by atoms with E-state index in [1.54, 1.807) is 0 Å². The molecule has 1 heterocycles. The van der Waals surface area contributed by atoms with Gasteiger partial charge in [0.25, 0.3) is 0 Å². The smallest absolute Gasteiger partial charge is 0.245 e. The predicted octanol–water partition coefficient (Wildman–Crippen LogP) is 1.94. The topological polar surface area (TPSA) is 41.9 Å². The Balaban J connectivity index is 2.78. The summed E-state index contributed by atoms with van der Waals surface area (Å²) in [5.41, 5.74) is 1.82. The fourth-order valence-electron chi connectivity index (χ4n) is 1.23. The molecule has 0 amide bonds. The molecule has 0 aromatic carbocycles. The van der Waals surface area contributed by atoms with Gasteiger partial charge in [0.2, 0.25) is 5.95 Å². The second-order valence-corrected chi connectivity index (χ2v) is 3.78. The number of rotatable bonds is 5. The number of anilines is 1. The second-order valence-electron chi connectivity index (χ2n) is 3.40. The summed E-state index contributed by atoms with van der Waals surface area (Å²) in [5.74, 6) is 1.36. The zero-order valence-corrected chi connectivity index (χ0v) is 10.3. The summed E-state index contributed by atoms with van der Waals surface area (Å²) < 4.78 is 0. The second kappa shape index (κ2) is 5.85. The molecule has 1 aromatic heterocycles. The van der Waals surface area contributed by atoms with E-state index < -0.39 is 0 Å². The third-order valence-electron chi connectivity index (χ3n) is 2.31. The lowest BCUT2D eigenvalue weighted by Crippen LogP contribution is -2.27. The minimum atomic E-state index is 0.661. The van der Waals surface area contributed by atoms with Crippen LogP contribution in [-0.2, 0) is 0 Å². The van der Waals surface area contributed by atoms with E-state index >= 15 is 0 Å². The Morgan fingerprint density at radius 3 is 2.47 bits per heavy atom. The van der Waals surface area contributed by atoms with Crippen LogP contribution in [0.4, 0.5) is 5.95 Å². The first-order valence-electron chi connectivity index (χ1n) is 5.17. The van der Waals surface area contributed by atoms with E-state index in [-0.39, 0.29) is 0 Å². The van der Waals surface area contributed by atoms with Gasteiger partial charge in [-0.1, -0.05) is 0 Å². The zero-order chi connectivity index (χ0) is 11.3. The average molecular weight is 229 g/mol. The summed E-state index contributed by atoms with van der Waals surface area (Å²) in [6, 6.07) is 0. The number of halogens is 1. The minimum absolute atomic E-state index is 0.661. The van der Waals surface area contributed by atoms with Crippen LogP contribution in [0.25, 0.3) is 0 Å². The summed E-state index contributed by atoms with van der Waals surface area (Å²) in [5, 5.41) is 8.15. The van der Waals surface area contributed by atoms with E-state index in [0.717, 1.165) is 30.9 Å². The van der Waals surface area contributed by atoms with Crippen molar-refractivity contribution < 1.29 is 0 Å². The largest absolute Gasteiger partial charge is 0.340 e. The lowest BCUT2D eigenvalue weighted by atomic mass is 10.4. The third-order valence-corrected chi connectivity index (χ3v) is 2.57. The monoisotopic (exact) mass is 228 g/mol. The van der Waals surface area contributed by atoms with Crippen LogP contribution in [0.1, 0.15) is 24.7 Å². The van der Waals surface area contributed by atoms with Crippen LogP contribution < -0.4 is 4.90 Å². The van der Waals surface area contributed by atoms with Crippen LogP contribution in [-0.4, -0.2) is 34.2 Å². The number of aromatic nitrogens is 3.